The van der Waals surface area contributed by atoms with Gasteiger partial charge >= 0.3 is 5.97 Å². The highest BCUT2D eigenvalue weighted by Gasteiger charge is 2.41. The van der Waals surface area contributed by atoms with E-state index in [9.17, 15) is 19.5 Å². The Morgan fingerprint density at radius 3 is 2.43 bits per heavy atom. The number of rotatable bonds is 3. The van der Waals surface area contributed by atoms with Gasteiger partial charge in [-0.25, -0.2) is 0 Å². The molecule has 1 aliphatic heterocycles. The Labute approximate surface area is 124 Å². The molecule has 0 bridgehead atoms. The Kier molecular flexibility index (Phi) is 5.20. The van der Waals surface area contributed by atoms with E-state index in [2.05, 4.69) is 5.32 Å². The summed E-state index contributed by atoms with van der Waals surface area (Å²) in [6, 6.07) is 0. The second-order valence-electron chi connectivity index (χ2n) is 6.20. The van der Waals surface area contributed by atoms with E-state index < -0.39 is 11.4 Å². The highest BCUT2D eigenvalue weighted by Crippen LogP contribution is 2.39. The van der Waals surface area contributed by atoms with E-state index in [0.29, 0.717) is 25.9 Å². The van der Waals surface area contributed by atoms with Crippen molar-refractivity contribution >= 4 is 17.8 Å². The van der Waals surface area contributed by atoms with Crippen molar-refractivity contribution in [3.63, 3.8) is 0 Å². The van der Waals surface area contributed by atoms with Crippen LogP contribution in [0.5, 0.6) is 0 Å². The molecule has 0 spiro atoms. The second-order valence-corrected chi connectivity index (χ2v) is 6.20. The SMILES string of the molecule is O=C1CN(C(=O)CC2(C(=O)O)CCCCCC2)CCCN1. The lowest BCUT2D eigenvalue weighted by Crippen LogP contribution is -2.42. The summed E-state index contributed by atoms with van der Waals surface area (Å²) in [5.74, 6) is -1.22. The van der Waals surface area contributed by atoms with Gasteiger partial charge in [-0.15, -0.1) is 0 Å². The average Bonchev–Trinajstić information content (AvgIpc) is 2.80. The molecule has 0 unspecified atom stereocenters. The van der Waals surface area contributed by atoms with Crippen LogP contribution in [0.2, 0.25) is 0 Å². The predicted octanol–water partition coefficient (Wildman–Crippen LogP) is 1.15. The fourth-order valence-corrected chi connectivity index (χ4v) is 3.29. The van der Waals surface area contributed by atoms with Crippen molar-refractivity contribution in [3.05, 3.63) is 0 Å². The number of carbonyl (C=O) groups excluding carboxylic acids is 2. The first-order valence-corrected chi connectivity index (χ1v) is 7.81. The molecule has 0 aromatic carbocycles. The molecule has 2 fully saturated rings. The van der Waals surface area contributed by atoms with Crippen molar-refractivity contribution in [2.45, 2.75) is 51.4 Å². The zero-order chi connectivity index (χ0) is 15.3. The molecule has 0 aromatic rings. The number of carbonyl (C=O) groups is 3. The Bertz CT molecular complexity index is 414. The fourth-order valence-electron chi connectivity index (χ4n) is 3.29. The average molecular weight is 296 g/mol. The molecule has 118 valence electrons. The van der Waals surface area contributed by atoms with Gasteiger partial charge in [0.2, 0.25) is 11.8 Å². The monoisotopic (exact) mass is 296 g/mol. The van der Waals surface area contributed by atoms with Gasteiger partial charge in [0.1, 0.15) is 0 Å². The van der Waals surface area contributed by atoms with Crippen LogP contribution in [0.15, 0.2) is 0 Å². The summed E-state index contributed by atoms with van der Waals surface area (Å²) in [6.07, 6.45) is 5.67. The molecule has 0 radical (unpaired) electrons. The van der Waals surface area contributed by atoms with Crippen LogP contribution >= 0.6 is 0 Å². The number of carboxylic acid groups (broad SMARTS) is 1. The topological polar surface area (TPSA) is 86.7 Å². The molecule has 1 heterocycles. The molecule has 6 nitrogen and oxygen atoms in total. The summed E-state index contributed by atoms with van der Waals surface area (Å²) >= 11 is 0. The molecular formula is C15H24N2O4. The van der Waals surface area contributed by atoms with Crippen LogP contribution < -0.4 is 5.32 Å². The van der Waals surface area contributed by atoms with Gasteiger partial charge in [-0.05, 0) is 19.3 Å². The standard InChI is InChI=1S/C15H24N2O4/c18-12-11-17(9-5-8-16-12)13(19)10-15(14(20)21)6-3-1-2-4-7-15/h1-11H2,(H,16,18)(H,20,21). The molecule has 0 aromatic heterocycles. The Morgan fingerprint density at radius 1 is 1.14 bits per heavy atom. The minimum atomic E-state index is -0.934. The summed E-state index contributed by atoms with van der Waals surface area (Å²) in [4.78, 5) is 37.2. The number of amides is 2. The van der Waals surface area contributed by atoms with Crippen LogP contribution in [0.4, 0.5) is 0 Å². The van der Waals surface area contributed by atoms with Crippen molar-refractivity contribution in [2.75, 3.05) is 19.6 Å². The summed E-state index contributed by atoms with van der Waals surface area (Å²) < 4.78 is 0. The van der Waals surface area contributed by atoms with Crippen LogP contribution in [0.25, 0.3) is 0 Å². The first-order chi connectivity index (χ1) is 10.0. The Hall–Kier alpha value is -1.59. The minimum absolute atomic E-state index is 0.0234. The number of hydrogen-bond donors (Lipinski definition) is 2. The van der Waals surface area contributed by atoms with Crippen molar-refractivity contribution < 1.29 is 19.5 Å². The molecule has 21 heavy (non-hydrogen) atoms. The van der Waals surface area contributed by atoms with Gasteiger partial charge in [0, 0.05) is 19.5 Å². The van der Waals surface area contributed by atoms with E-state index >= 15 is 0 Å². The van der Waals surface area contributed by atoms with Crippen molar-refractivity contribution in [2.24, 2.45) is 5.41 Å². The molecule has 1 saturated carbocycles. The molecule has 0 atom stereocenters. The van der Waals surface area contributed by atoms with E-state index in [4.69, 9.17) is 0 Å². The van der Waals surface area contributed by atoms with Crippen molar-refractivity contribution in [1.29, 1.82) is 0 Å². The Morgan fingerprint density at radius 2 is 1.81 bits per heavy atom. The summed E-state index contributed by atoms with van der Waals surface area (Å²) in [7, 11) is 0. The molecule has 1 saturated heterocycles. The highest BCUT2D eigenvalue weighted by atomic mass is 16.4. The molecule has 2 N–H and O–H groups in total. The summed E-state index contributed by atoms with van der Waals surface area (Å²) in [5.41, 5.74) is -0.934. The third-order valence-electron chi connectivity index (χ3n) is 4.62. The van der Waals surface area contributed by atoms with Crippen LogP contribution in [-0.4, -0.2) is 47.4 Å². The van der Waals surface area contributed by atoms with Crippen LogP contribution in [-0.2, 0) is 14.4 Å². The first kappa shape index (κ1) is 15.8. The molecule has 2 rings (SSSR count). The lowest BCUT2D eigenvalue weighted by Gasteiger charge is -2.30. The smallest absolute Gasteiger partial charge is 0.310 e. The molecule has 2 amide bonds. The minimum Gasteiger partial charge on any atom is -0.481 e. The maximum absolute atomic E-state index is 12.5. The van der Waals surface area contributed by atoms with Gasteiger partial charge in [0.05, 0.1) is 12.0 Å². The van der Waals surface area contributed by atoms with E-state index in [1.165, 1.54) is 4.90 Å². The number of nitrogens with zero attached hydrogens (tertiary/aromatic N) is 1. The largest absolute Gasteiger partial charge is 0.481 e. The van der Waals surface area contributed by atoms with Gasteiger partial charge in [-0.3, -0.25) is 14.4 Å². The lowest BCUT2D eigenvalue weighted by atomic mass is 9.77. The highest BCUT2D eigenvalue weighted by molar-refractivity contribution is 5.88. The quantitative estimate of drug-likeness (QED) is 0.765. The van der Waals surface area contributed by atoms with E-state index in [1.54, 1.807) is 0 Å². The third kappa shape index (κ3) is 3.95. The maximum atomic E-state index is 12.5. The first-order valence-electron chi connectivity index (χ1n) is 7.81. The number of nitrogens with one attached hydrogen (secondary N) is 1. The van der Waals surface area contributed by atoms with Gasteiger partial charge in [0.25, 0.3) is 0 Å². The normalized spacial score (nSPS) is 22.9. The number of hydrogen-bond acceptors (Lipinski definition) is 3. The molecule has 2 aliphatic rings. The number of aliphatic carboxylic acids is 1. The van der Waals surface area contributed by atoms with Gasteiger partial charge < -0.3 is 15.3 Å². The maximum Gasteiger partial charge on any atom is 0.310 e. The van der Waals surface area contributed by atoms with E-state index in [0.717, 1.165) is 32.1 Å². The van der Waals surface area contributed by atoms with E-state index in [1.807, 2.05) is 0 Å². The second kappa shape index (κ2) is 6.91. The number of carboxylic acids is 1. The fraction of sp³-hybridized carbons (Fsp3) is 0.800. The summed E-state index contributed by atoms with van der Waals surface area (Å²) in [6.45, 7) is 1.15. The molecular weight excluding hydrogens is 272 g/mol. The van der Waals surface area contributed by atoms with Crippen LogP contribution in [0.3, 0.4) is 0 Å². The summed E-state index contributed by atoms with van der Waals surface area (Å²) in [5, 5.41) is 12.3. The lowest BCUT2D eigenvalue weighted by molar-refractivity contribution is -0.155. The molecule has 6 heteroatoms. The zero-order valence-corrected chi connectivity index (χ0v) is 12.4. The van der Waals surface area contributed by atoms with Gasteiger partial charge in [-0.2, -0.15) is 0 Å². The Balaban J connectivity index is 2.06. The van der Waals surface area contributed by atoms with Crippen molar-refractivity contribution in [1.82, 2.24) is 10.2 Å². The van der Waals surface area contributed by atoms with Gasteiger partial charge in [0.15, 0.2) is 0 Å². The van der Waals surface area contributed by atoms with Crippen molar-refractivity contribution in [3.8, 4) is 0 Å². The van der Waals surface area contributed by atoms with Crippen LogP contribution in [0, 0.1) is 5.41 Å². The molecule has 1 aliphatic carbocycles. The predicted molar refractivity (Wildman–Crippen MR) is 76.6 cm³/mol. The van der Waals surface area contributed by atoms with Crippen LogP contribution in [0.1, 0.15) is 51.4 Å². The zero-order valence-electron chi connectivity index (χ0n) is 12.4. The van der Waals surface area contributed by atoms with E-state index in [-0.39, 0.29) is 24.8 Å². The third-order valence-corrected chi connectivity index (χ3v) is 4.62. The van der Waals surface area contributed by atoms with Gasteiger partial charge in [-0.1, -0.05) is 25.7 Å².